The maximum atomic E-state index is 12.0. The van der Waals surface area contributed by atoms with E-state index in [1.807, 2.05) is 0 Å². The summed E-state index contributed by atoms with van der Waals surface area (Å²) in [7, 11) is -3.49. The van der Waals surface area contributed by atoms with Gasteiger partial charge in [0, 0.05) is 4.47 Å². The summed E-state index contributed by atoms with van der Waals surface area (Å²) in [5.74, 6) is -0.349. The molecule has 0 fully saturated rings. The van der Waals surface area contributed by atoms with Gasteiger partial charge in [0.25, 0.3) is 0 Å². The van der Waals surface area contributed by atoms with Crippen molar-refractivity contribution in [3.63, 3.8) is 0 Å². The number of nitrogens with zero attached hydrogens (tertiary/aromatic N) is 1. The second kappa shape index (κ2) is 6.59. The Morgan fingerprint density at radius 3 is 2.43 bits per heavy atom. The van der Waals surface area contributed by atoms with E-state index in [1.54, 1.807) is 24.3 Å². The normalized spacial score (nSPS) is 11.2. The number of rotatable bonds is 4. The number of para-hydroxylation sites is 1. The van der Waals surface area contributed by atoms with Gasteiger partial charge in [-0.25, -0.2) is 13.2 Å². The Morgan fingerprint density at radius 1 is 1.22 bits per heavy atom. The van der Waals surface area contributed by atoms with Crippen molar-refractivity contribution in [1.29, 1.82) is 0 Å². The molecule has 0 heterocycles. The third-order valence-corrected chi connectivity index (χ3v) is 5.64. The van der Waals surface area contributed by atoms with Crippen LogP contribution in [0.2, 0.25) is 0 Å². The van der Waals surface area contributed by atoms with Crippen LogP contribution < -0.4 is 10.6 Å². The van der Waals surface area contributed by atoms with Crippen molar-refractivity contribution in [1.82, 2.24) is 0 Å². The number of amides is 2. The summed E-state index contributed by atoms with van der Waals surface area (Å²) in [6.45, 7) is 1.52. The number of carbonyl (C=O) groups excluding carboxylic acids is 1. The predicted molar refractivity (Wildman–Crippen MR) is 91.7 cm³/mol. The minimum Gasteiger partial charge on any atom is -0.506 e. The molecule has 0 aliphatic heterocycles. The fourth-order valence-electron chi connectivity index (χ4n) is 2.04. The van der Waals surface area contributed by atoms with E-state index in [0.29, 0.717) is 10.2 Å². The first kappa shape index (κ1) is 17.3. The van der Waals surface area contributed by atoms with Crippen LogP contribution in [0.15, 0.2) is 51.8 Å². The highest BCUT2D eigenvalue weighted by Gasteiger charge is 2.23. The molecule has 0 saturated heterocycles. The van der Waals surface area contributed by atoms with E-state index in [-0.39, 0.29) is 22.1 Å². The van der Waals surface area contributed by atoms with Crippen LogP contribution in [0.3, 0.4) is 0 Å². The second-order valence-corrected chi connectivity index (χ2v) is 7.81. The van der Waals surface area contributed by atoms with Gasteiger partial charge in [-0.15, -0.1) is 0 Å². The van der Waals surface area contributed by atoms with E-state index in [2.05, 4.69) is 15.9 Å². The summed E-state index contributed by atoms with van der Waals surface area (Å²) in [5.41, 5.74) is 5.82. The van der Waals surface area contributed by atoms with Gasteiger partial charge in [-0.2, -0.15) is 0 Å². The molecule has 23 heavy (non-hydrogen) atoms. The first-order valence-electron chi connectivity index (χ1n) is 6.67. The van der Waals surface area contributed by atoms with Crippen LogP contribution in [0.4, 0.5) is 16.2 Å². The fraction of sp³-hybridized carbons (Fsp3) is 0.133. The zero-order valence-electron chi connectivity index (χ0n) is 12.2. The molecule has 122 valence electrons. The number of carbonyl (C=O) groups is 1. The minimum absolute atomic E-state index is 0.000995. The van der Waals surface area contributed by atoms with Gasteiger partial charge in [0.15, 0.2) is 9.84 Å². The number of phenols is 1. The number of aromatic hydroxyl groups is 1. The lowest BCUT2D eigenvalue weighted by Crippen LogP contribution is -2.31. The monoisotopic (exact) mass is 398 g/mol. The molecule has 2 aromatic rings. The van der Waals surface area contributed by atoms with Gasteiger partial charge < -0.3 is 10.8 Å². The molecule has 0 aliphatic carbocycles. The van der Waals surface area contributed by atoms with Crippen LogP contribution in [0.5, 0.6) is 5.75 Å². The third-order valence-electron chi connectivity index (χ3n) is 3.24. The van der Waals surface area contributed by atoms with Crippen molar-refractivity contribution in [3.8, 4) is 5.75 Å². The first-order chi connectivity index (χ1) is 10.8. The summed E-state index contributed by atoms with van der Waals surface area (Å²) in [5, 5.41) is 10.1. The lowest BCUT2D eigenvalue weighted by Gasteiger charge is -2.23. The van der Waals surface area contributed by atoms with Gasteiger partial charge in [-0.1, -0.05) is 19.1 Å². The SMILES string of the molecule is CCS(=O)(=O)c1ccc(O)c(N(C(N)=O)c2ccccc2Br)c1. The Morgan fingerprint density at radius 2 is 1.87 bits per heavy atom. The van der Waals surface area contributed by atoms with Gasteiger partial charge in [0.05, 0.1) is 22.0 Å². The highest BCUT2D eigenvalue weighted by molar-refractivity contribution is 9.10. The van der Waals surface area contributed by atoms with Crippen LogP contribution in [0.25, 0.3) is 0 Å². The van der Waals surface area contributed by atoms with Gasteiger partial charge in [-0.05, 0) is 46.3 Å². The van der Waals surface area contributed by atoms with E-state index in [4.69, 9.17) is 5.73 Å². The smallest absolute Gasteiger partial charge is 0.324 e. The van der Waals surface area contributed by atoms with Crippen molar-refractivity contribution in [2.75, 3.05) is 10.7 Å². The summed E-state index contributed by atoms with van der Waals surface area (Å²) in [6.07, 6.45) is 0. The molecule has 3 N–H and O–H groups in total. The number of hydrogen-bond donors (Lipinski definition) is 2. The number of urea groups is 1. The van der Waals surface area contributed by atoms with E-state index in [9.17, 15) is 18.3 Å². The number of anilines is 2. The Kier molecular flexibility index (Phi) is 4.96. The predicted octanol–water partition coefficient (Wildman–Crippen LogP) is 3.17. The first-order valence-corrected chi connectivity index (χ1v) is 9.12. The molecule has 2 aromatic carbocycles. The molecule has 0 unspecified atom stereocenters. The molecule has 2 amide bonds. The summed E-state index contributed by atoms with van der Waals surface area (Å²) in [6, 6.07) is 9.67. The van der Waals surface area contributed by atoms with Crippen LogP contribution >= 0.6 is 15.9 Å². The number of sulfone groups is 1. The molecule has 0 bridgehead atoms. The largest absolute Gasteiger partial charge is 0.506 e. The molecule has 2 rings (SSSR count). The topological polar surface area (TPSA) is 101 Å². The molecular formula is C15H15BrN2O4S. The van der Waals surface area contributed by atoms with Gasteiger partial charge in [0.2, 0.25) is 0 Å². The number of primary amides is 1. The molecule has 0 aromatic heterocycles. The van der Waals surface area contributed by atoms with Crippen LogP contribution in [-0.2, 0) is 9.84 Å². The highest BCUT2D eigenvalue weighted by atomic mass is 79.9. The molecular weight excluding hydrogens is 384 g/mol. The molecule has 0 spiro atoms. The quantitative estimate of drug-likeness (QED) is 0.825. The third kappa shape index (κ3) is 3.48. The molecule has 6 nitrogen and oxygen atoms in total. The number of phenolic OH excluding ortho intramolecular Hbond substituents is 1. The summed E-state index contributed by atoms with van der Waals surface area (Å²) in [4.78, 5) is 13.0. The number of hydrogen-bond acceptors (Lipinski definition) is 4. The highest BCUT2D eigenvalue weighted by Crippen LogP contribution is 2.38. The van der Waals surface area contributed by atoms with Crippen molar-refractivity contribution < 1.29 is 18.3 Å². The Balaban J connectivity index is 2.68. The van der Waals surface area contributed by atoms with Crippen molar-refractivity contribution >= 4 is 43.2 Å². The standard InChI is InChI=1S/C15H15BrN2O4S/c1-2-23(21,22)10-7-8-14(19)13(9-10)18(15(17)20)12-6-4-3-5-11(12)16/h3-9,19H,2H2,1H3,(H2,17,20). The van der Waals surface area contributed by atoms with Crippen LogP contribution in [-0.4, -0.2) is 25.3 Å². The van der Waals surface area contributed by atoms with Crippen LogP contribution in [0, 0.1) is 0 Å². The van der Waals surface area contributed by atoms with Gasteiger partial charge >= 0.3 is 6.03 Å². The molecule has 0 atom stereocenters. The van der Waals surface area contributed by atoms with E-state index >= 15 is 0 Å². The average Bonchev–Trinajstić information content (AvgIpc) is 2.50. The van der Waals surface area contributed by atoms with Gasteiger partial charge in [-0.3, -0.25) is 4.90 Å². The Hall–Kier alpha value is -2.06. The maximum absolute atomic E-state index is 12.0. The van der Waals surface area contributed by atoms with Crippen molar-refractivity contribution in [3.05, 3.63) is 46.9 Å². The van der Waals surface area contributed by atoms with Crippen molar-refractivity contribution in [2.24, 2.45) is 5.73 Å². The molecule has 0 saturated carbocycles. The minimum atomic E-state index is -3.49. The number of halogens is 1. The lowest BCUT2D eigenvalue weighted by molar-refractivity contribution is 0.256. The van der Waals surface area contributed by atoms with E-state index in [1.165, 1.54) is 25.1 Å². The molecule has 8 heteroatoms. The molecule has 0 aliphatic rings. The lowest BCUT2D eigenvalue weighted by atomic mass is 10.2. The second-order valence-electron chi connectivity index (χ2n) is 4.68. The fourth-order valence-corrected chi connectivity index (χ4v) is 3.40. The summed E-state index contributed by atoms with van der Waals surface area (Å²) < 4.78 is 24.6. The zero-order chi connectivity index (χ0) is 17.2. The van der Waals surface area contributed by atoms with Crippen molar-refractivity contribution in [2.45, 2.75) is 11.8 Å². The van der Waals surface area contributed by atoms with E-state index < -0.39 is 15.9 Å². The number of nitrogens with two attached hydrogens (primary N) is 1. The Bertz CT molecular complexity index is 852. The molecule has 0 radical (unpaired) electrons. The Labute approximate surface area is 142 Å². The maximum Gasteiger partial charge on any atom is 0.324 e. The number of benzene rings is 2. The van der Waals surface area contributed by atoms with Crippen LogP contribution in [0.1, 0.15) is 6.92 Å². The summed E-state index contributed by atoms with van der Waals surface area (Å²) >= 11 is 3.31. The van der Waals surface area contributed by atoms with Gasteiger partial charge in [0.1, 0.15) is 5.75 Å². The zero-order valence-corrected chi connectivity index (χ0v) is 14.6. The van der Waals surface area contributed by atoms with E-state index in [0.717, 1.165) is 4.90 Å². The average molecular weight is 399 g/mol.